The Morgan fingerprint density at radius 3 is 2.33 bits per heavy atom. The first-order chi connectivity index (χ1) is 10.9. The molecule has 1 heterocycles. The zero-order chi connectivity index (χ0) is 18.5. The van der Waals surface area contributed by atoms with Crippen molar-refractivity contribution in [2.45, 2.75) is 65.7 Å². The van der Waals surface area contributed by atoms with E-state index in [4.69, 9.17) is 15.1 Å². The van der Waals surface area contributed by atoms with Gasteiger partial charge in [0.15, 0.2) is 0 Å². The third-order valence-corrected chi connectivity index (χ3v) is 4.03. The summed E-state index contributed by atoms with van der Waals surface area (Å²) in [5, 5.41) is 0. The molecule has 0 saturated carbocycles. The number of ether oxygens (including phenoxy) is 1. The number of aliphatic imine (C=N–C) groups is 1. The third-order valence-electron chi connectivity index (χ3n) is 4.03. The number of nitrogens with two attached hydrogens (primary N) is 1. The molecule has 7 heteroatoms. The number of nitrogens with zero attached hydrogens (tertiary/aromatic N) is 2. The maximum absolute atomic E-state index is 11.9. The van der Waals surface area contributed by atoms with Gasteiger partial charge in [-0.3, -0.25) is 4.99 Å². The Kier molecular flexibility index (Phi) is 6.90. The van der Waals surface area contributed by atoms with E-state index in [1.807, 2.05) is 34.6 Å². The fourth-order valence-electron chi connectivity index (χ4n) is 1.69. The average Bonchev–Trinajstić information content (AvgIpc) is 2.37. The summed E-state index contributed by atoms with van der Waals surface area (Å²) in [5.41, 5.74) is 5.58. The molecule has 0 spiro atoms. The van der Waals surface area contributed by atoms with Crippen molar-refractivity contribution in [3.8, 4) is 0 Å². The average molecular weight is 336 g/mol. The van der Waals surface area contributed by atoms with Crippen molar-refractivity contribution in [2.75, 3.05) is 13.1 Å². The normalized spacial score (nSPS) is 17.3. The quantitative estimate of drug-likeness (QED) is 0.597. The molecule has 0 atom stereocenters. The molecule has 1 rings (SSSR count). The highest BCUT2D eigenvalue weighted by Gasteiger charge is 2.33. The van der Waals surface area contributed by atoms with Crippen molar-refractivity contribution >= 4 is 19.8 Å². The molecule has 1 saturated heterocycles. The molecule has 6 nitrogen and oxygen atoms in total. The molecule has 0 aliphatic carbocycles. The zero-order valence-electron chi connectivity index (χ0n) is 16.0. The van der Waals surface area contributed by atoms with Crippen LogP contribution in [-0.2, 0) is 9.39 Å². The van der Waals surface area contributed by atoms with Crippen molar-refractivity contribution in [1.29, 1.82) is 0 Å². The lowest BCUT2D eigenvalue weighted by Crippen LogP contribution is -2.54. The number of allylic oxidation sites excluding steroid dienone is 1. The van der Waals surface area contributed by atoms with Crippen LogP contribution in [-0.4, -0.2) is 55.0 Å². The second kappa shape index (κ2) is 8.05. The summed E-state index contributed by atoms with van der Waals surface area (Å²) in [4.78, 5) is 17.9. The van der Waals surface area contributed by atoms with E-state index in [-0.39, 0.29) is 17.7 Å². The second-order valence-corrected chi connectivity index (χ2v) is 7.98. The number of carbonyl (C=O) groups is 1. The first-order valence-corrected chi connectivity index (χ1v) is 8.38. The van der Waals surface area contributed by atoms with Gasteiger partial charge < -0.3 is 20.0 Å². The molecule has 0 aromatic rings. The molecule has 1 aliphatic heterocycles. The summed E-state index contributed by atoms with van der Waals surface area (Å²) >= 11 is 0. The molecule has 1 radical (unpaired) electrons. The summed E-state index contributed by atoms with van der Waals surface area (Å²) in [6.45, 7) is 14.9. The van der Waals surface area contributed by atoms with E-state index in [0.717, 1.165) is 0 Å². The minimum atomic E-state index is -0.476. The van der Waals surface area contributed by atoms with Crippen molar-refractivity contribution < 1.29 is 14.2 Å². The monoisotopic (exact) mass is 336 g/mol. The lowest BCUT2D eigenvalue weighted by Gasteiger charge is -2.37. The minimum absolute atomic E-state index is 0.0685. The van der Waals surface area contributed by atoms with Gasteiger partial charge in [0, 0.05) is 24.9 Å². The van der Waals surface area contributed by atoms with Crippen LogP contribution in [0.2, 0.25) is 0 Å². The zero-order valence-corrected chi connectivity index (χ0v) is 16.0. The van der Waals surface area contributed by atoms with Gasteiger partial charge in [0.05, 0.1) is 6.04 Å². The lowest BCUT2D eigenvalue weighted by molar-refractivity contribution is 0.00910. The van der Waals surface area contributed by atoms with Crippen LogP contribution in [0.1, 0.15) is 48.5 Å². The van der Waals surface area contributed by atoms with E-state index >= 15 is 0 Å². The van der Waals surface area contributed by atoms with Crippen LogP contribution in [0.15, 0.2) is 16.7 Å². The molecule has 0 unspecified atom stereocenters. The summed E-state index contributed by atoms with van der Waals surface area (Å²) < 4.78 is 11.1. The fourth-order valence-corrected chi connectivity index (χ4v) is 1.69. The van der Waals surface area contributed by atoms with Crippen LogP contribution >= 0.6 is 0 Å². The van der Waals surface area contributed by atoms with Crippen LogP contribution in [0.5, 0.6) is 0 Å². The van der Waals surface area contributed by atoms with E-state index in [1.54, 1.807) is 18.6 Å². The summed E-state index contributed by atoms with van der Waals surface area (Å²) in [6.07, 6.45) is 2.86. The maximum Gasteiger partial charge on any atom is 0.410 e. The van der Waals surface area contributed by atoms with Crippen LogP contribution < -0.4 is 5.73 Å². The molecule has 24 heavy (non-hydrogen) atoms. The number of rotatable bonds is 6. The topological polar surface area (TPSA) is 77.1 Å². The van der Waals surface area contributed by atoms with Crippen molar-refractivity contribution in [2.24, 2.45) is 16.6 Å². The van der Waals surface area contributed by atoms with Gasteiger partial charge in [0.1, 0.15) is 5.60 Å². The molecule has 135 valence electrons. The Balaban J connectivity index is 2.41. The standard InChI is InChI=1S/C17H31BN3O3/c1-12(2)17(6,7)24-18-13(8-19)9-20-14-10-21(11-14)15(22)23-16(3,4)5/h8-9,12,14H,10-11,19H2,1-7H3/b13-8+,20-9?. The number of hydrogen-bond donors (Lipinski definition) is 1. The van der Waals surface area contributed by atoms with Gasteiger partial charge in [-0.2, -0.15) is 0 Å². The van der Waals surface area contributed by atoms with Gasteiger partial charge in [0.25, 0.3) is 0 Å². The molecular weight excluding hydrogens is 305 g/mol. The number of carbonyl (C=O) groups excluding carboxylic acids is 1. The number of hydrogen-bond acceptors (Lipinski definition) is 5. The molecular formula is C17H31BN3O3. The Bertz CT molecular complexity index is 490. The van der Waals surface area contributed by atoms with Crippen LogP contribution in [0.25, 0.3) is 0 Å². The van der Waals surface area contributed by atoms with Gasteiger partial charge >= 0.3 is 13.6 Å². The van der Waals surface area contributed by atoms with Crippen LogP contribution in [0, 0.1) is 5.92 Å². The minimum Gasteiger partial charge on any atom is -0.444 e. The fraction of sp³-hybridized carbons (Fsp3) is 0.765. The summed E-state index contributed by atoms with van der Waals surface area (Å²) in [5.74, 6) is 0.374. The lowest BCUT2D eigenvalue weighted by atomic mass is 9.85. The summed E-state index contributed by atoms with van der Waals surface area (Å²) in [7, 11) is 1.63. The number of likely N-dealkylation sites (tertiary alicyclic amines) is 1. The van der Waals surface area contributed by atoms with Crippen LogP contribution in [0.3, 0.4) is 0 Å². The third kappa shape index (κ3) is 6.55. The van der Waals surface area contributed by atoms with Crippen molar-refractivity contribution in [1.82, 2.24) is 4.90 Å². The smallest absolute Gasteiger partial charge is 0.410 e. The molecule has 1 fully saturated rings. The van der Waals surface area contributed by atoms with Gasteiger partial charge in [-0.25, -0.2) is 4.79 Å². The largest absolute Gasteiger partial charge is 0.444 e. The first kappa shape index (κ1) is 20.5. The molecule has 2 N–H and O–H groups in total. The van der Waals surface area contributed by atoms with Gasteiger partial charge in [-0.15, -0.1) is 0 Å². The van der Waals surface area contributed by atoms with Crippen molar-refractivity contribution in [3.05, 3.63) is 11.7 Å². The molecule has 1 amide bonds. The molecule has 0 bridgehead atoms. The molecule has 1 aliphatic rings. The van der Waals surface area contributed by atoms with E-state index in [1.165, 1.54) is 6.20 Å². The van der Waals surface area contributed by atoms with Gasteiger partial charge in [-0.1, -0.05) is 13.8 Å². The summed E-state index contributed by atoms with van der Waals surface area (Å²) in [6, 6.07) is 0.0685. The van der Waals surface area contributed by atoms with Gasteiger partial charge in [0.2, 0.25) is 0 Å². The number of amides is 1. The van der Waals surface area contributed by atoms with E-state index in [0.29, 0.717) is 24.5 Å². The SMILES string of the molecule is CC(C)C(C)(C)O[B]/C(C=NC1CN(C(=O)OC(C)(C)C)C1)=C/N. The van der Waals surface area contributed by atoms with E-state index < -0.39 is 5.60 Å². The first-order valence-electron chi connectivity index (χ1n) is 8.38. The highest BCUT2D eigenvalue weighted by atomic mass is 16.6. The second-order valence-electron chi connectivity index (χ2n) is 7.98. The Labute approximate surface area is 146 Å². The van der Waals surface area contributed by atoms with E-state index in [9.17, 15) is 4.79 Å². The Morgan fingerprint density at radius 1 is 1.29 bits per heavy atom. The predicted octanol–water partition coefficient (Wildman–Crippen LogP) is 2.55. The van der Waals surface area contributed by atoms with Gasteiger partial charge in [-0.05, 0) is 52.2 Å². The highest BCUT2D eigenvalue weighted by Crippen LogP contribution is 2.20. The van der Waals surface area contributed by atoms with Crippen LogP contribution in [0.4, 0.5) is 4.79 Å². The molecule has 0 aromatic heterocycles. The maximum atomic E-state index is 11.9. The van der Waals surface area contributed by atoms with E-state index in [2.05, 4.69) is 18.8 Å². The Morgan fingerprint density at radius 2 is 1.88 bits per heavy atom. The van der Waals surface area contributed by atoms with Crippen molar-refractivity contribution in [3.63, 3.8) is 0 Å². The predicted molar refractivity (Wildman–Crippen MR) is 98.1 cm³/mol. The highest BCUT2D eigenvalue weighted by molar-refractivity contribution is 6.46. The Hall–Kier alpha value is -1.50. The molecule has 0 aromatic carbocycles.